The van der Waals surface area contributed by atoms with Gasteiger partial charge in [-0.2, -0.15) is 0 Å². The third-order valence-corrected chi connectivity index (χ3v) is 5.57. The van der Waals surface area contributed by atoms with E-state index in [0.717, 1.165) is 44.3 Å². The molecule has 3 rings (SSSR count). The van der Waals surface area contributed by atoms with E-state index in [2.05, 4.69) is 5.32 Å². The van der Waals surface area contributed by atoms with Gasteiger partial charge in [-0.3, -0.25) is 9.59 Å². The van der Waals surface area contributed by atoms with E-state index in [0.29, 0.717) is 24.4 Å². The molecular weight excluding hydrogens is 318 g/mol. The smallest absolute Gasteiger partial charge is 0.255 e. The first kappa shape index (κ1) is 18.0. The van der Waals surface area contributed by atoms with Gasteiger partial charge in [-0.15, -0.1) is 0 Å². The van der Waals surface area contributed by atoms with E-state index in [1.807, 2.05) is 11.8 Å². The van der Waals surface area contributed by atoms with Crippen molar-refractivity contribution in [3.05, 3.63) is 23.2 Å². The molecule has 2 fully saturated rings. The second kappa shape index (κ2) is 7.20. The van der Waals surface area contributed by atoms with Crippen molar-refractivity contribution in [3.63, 3.8) is 0 Å². The third-order valence-electron chi connectivity index (χ3n) is 5.57. The summed E-state index contributed by atoms with van der Waals surface area (Å²) >= 11 is 0. The molecule has 1 aromatic rings. The van der Waals surface area contributed by atoms with E-state index in [-0.39, 0.29) is 17.9 Å². The number of carbonyl (C=O) groups excluding carboxylic acids is 2. The summed E-state index contributed by atoms with van der Waals surface area (Å²) in [6.45, 7) is 4.95. The Hall–Kier alpha value is -1.82. The van der Waals surface area contributed by atoms with Crippen molar-refractivity contribution in [1.29, 1.82) is 0 Å². The first-order valence-corrected chi connectivity index (χ1v) is 9.35. The van der Waals surface area contributed by atoms with Gasteiger partial charge in [0.25, 0.3) is 5.91 Å². The Kier molecular flexibility index (Phi) is 5.18. The summed E-state index contributed by atoms with van der Waals surface area (Å²) in [4.78, 5) is 27.1. The minimum Gasteiger partial charge on any atom is -0.466 e. The van der Waals surface area contributed by atoms with E-state index in [9.17, 15) is 9.59 Å². The number of hydrogen-bond donors (Lipinski definition) is 2. The quantitative estimate of drug-likeness (QED) is 0.878. The maximum atomic E-state index is 12.8. The molecule has 6 nitrogen and oxygen atoms in total. The molecule has 1 saturated heterocycles. The first-order valence-electron chi connectivity index (χ1n) is 9.35. The minimum absolute atomic E-state index is 0.0891. The molecule has 1 aliphatic carbocycles. The molecular formula is C19H29N3O3. The fourth-order valence-electron chi connectivity index (χ4n) is 4.06. The SMILES string of the molecule is Cc1cc(C(=O)NC2CCN(C(=O)C3(N)CCCCC3)CC2)c(C)o1. The zero-order valence-corrected chi connectivity index (χ0v) is 15.3. The second-order valence-corrected chi connectivity index (χ2v) is 7.58. The Balaban J connectivity index is 1.52. The molecule has 138 valence electrons. The number of nitrogens with zero attached hydrogens (tertiary/aromatic N) is 1. The van der Waals surface area contributed by atoms with Gasteiger partial charge >= 0.3 is 0 Å². The van der Waals surface area contributed by atoms with Gasteiger partial charge < -0.3 is 20.4 Å². The van der Waals surface area contributed by atoms with E-state index >= 15 is 0 Å². The van der Waals surface area contributed by atoms with Crippen molar-refractivity contribution in [3.8, 4) is 0 Å². The molecule has 0 aromatic carbocycles. The zero-order chi connectivity index (χ0) is 18.0. The van der Waals surface area contributed by atoms with Gasteiger partial charge in [-0.05, 0) is 45.6 Å². The van der Waals surface area contributed by atoms with Crippen molar-refractivity contribution < 1.29 is 14.0 Å². The van der Waals surface area contributed by atoms with Crippen LogP contribution < -0.4 is 11.1 Å². The molecule has 1 aromatic heterocycles. The third kappa shape index (κ3) is 3.89. The maximum Gasteiger partial charge on any atom is 0.255 e. The van der Waals surface area contributed by atoms with Gasteiger partial charge in [0, 0.05) is 19.1 Å². The van der Waals surface area contributed by atoms with Crippen LogP contribution >= 0.6 is 0 Å². The number of aryl methyl sites for hydroxylation is 2. The summed E-state index contributed by atoms with van der Waals surface area (Å²) < 4.78 is 5.42. The van der Waals surface area contributed by atoms with Crippen LogP contribution in [0.15, 0.2) is 10.5 Å². The van der Waals surface area contributed by atoms with Gasteiger partial charge in [0.2, 0.25) is 5.91 Å². The Morgan fingerprint density at radius 3 is 2.40 bits per heavy atom. The number of amides is 2. The van der Waals surface area contributed by atoms with Crippen LogP contribution in [0.3, 0.4) is 0 Å². The van der Waals surface area contributed by atoms with Crippen LogP contribution in [0.4, 0.5) is 0 Å². The van der Waals surface area contributed by atoms with Crippen LogP contribution in [0.25, 0.3) is 0 Å². The molecule has 2 amide bonds. The van der Waals surface area contributed by atoms with Gasteiger partial charge in [0.15, 0.2) is 0 Å². The Morgan fingerprint density at radius 1 is 1.20 bits per heavy atom. The topological polar surface area (TPSA) is 88.6 Å². The van der Waals surface area contributed by atoms with Crippen LogP contribution in [0.2, 0.25) is 0 Å². The lowest BCUT2D eigenvalue weighted by Gasteiger charge is -2.40. The molecule has 25 heavy (non-hydrogen) atoms. The van der Waals surface area contributed by atoms with Crippen molar-refractivity contribution >= 4 is 11.8 Å². The highest BCUT2D eigenvalue weighted by Crippen LogP contribution is 2.28. The number of carbonyl (C=O) groups is 2. The lowest BCUT2D eigenvalue weighted by molar-refractivity contribution is -0.139. The second-order valence-electron chi connectivity index (χ2n) is 7.58. The standard InChI is InChI=1S/C19H29N3O3/c1-13-12-16(14(2)25-13)17(23)21-15-6-10-22(11-7-15)18(24)19(20)8-4-3-5-9-19/h12,15H,3-11,20H2,1-2H3,(H,21,23). The molecule has 6 heteroatoms. The summed E-state index contributed by atoms with van der Waals surface area (Å²) in [7, 11) is 0. The summed E-state index contributed by atoms with van der Waals surface area (Å²) in [6.07, 6.45) is 6.37. The normalized spacial score (nSPS) is 21.2. The van der Waals surface area contributed by atoms with Gasteiger partial charge in [-0.1, -0.05) is 19.3 Å². The average molecular weight is 347 g/mol. The summed E-state index contributed by atoms with van der Waals surface area (Å²) in [5, 5.41) is 3.07. The molecule has 3 N–H and O–H groups in total. The average Bonchev–Trinajstić information content (AvgIpc) is 2.94. The van der Waals surface area contributed by atoms with Crippen molar-refractivity contribution in [2.24, 2.45) is 5.73 Å². The van der Waals surface area contributed by atoms with Crippen LogP contribution in [-0.4, -0.2) is 41.4 Å². The van der Waals surface area contributed by atoms with Crippen molar-refractivity contribution in [1.82, 2.24) is 10.2 Å². The lowest BCUT2D eigenvalue weighted by Crippen LogP contribution is -2.58. The van der Waals surface area contributed by atoms with Gasteiger partial charge in [0.1, 0.15) is 11.5 Å². The number of hydrogen-bond acceptors (Lipinski definition) is 4. The van der Waals surface area contributed by atoms with Crippen LogP contribution in [0, 0.1) is 13.8 Å². The number of nitrogens with one attached hydrogen (secondary N) is 1. The minimum atomic E-state index is -0.667. The zero-order valence-electron chi connectivity index (χ0n) is 15.3. The number of furan rings is 1. The monoisotopic (exact) mass is 347 g/mol. The summed E-state index contributed by atoms with van der Waals surface area (Å²) in [5.74, 6) is 1.38. The van der Waals surface area contributed by atoms with Gasteiger partial charge in [-0.25, -0.2) is 0 Å². The van der Waals surface area contributed by atoms with Crippen LogP contribution in [0.1, 0.15) is 66.8 Å². The fraction of sp³-hybridized carbons (Fsp3) is 0.684. The van der Waals surface area contributed by atoms with Crippen molar-refractivity contribution in [2.75, 3.05) is 13.1 Å². The molecule has 2 heterocycles. The number of likely N-dealkylation sites (tertiary alicyclic amines) is 1. The van der Waals surface area contributed by atoms with Crippen LogP contribution in [-0.2, 0) is 4.79 Å². The maximum absolute atomic E-state index is 12.8. The molecule has 2 aliphatic rings. The van der Waals surface area contributed by atoms with E-state index in [4.69, 9.17) is 10.2 Å². The van der Waals surface area contributed by atoms with E-state index in [1.165, 1.54) is 6.42 Å². The highest BCUT2D eigenvalue weighted by Gasteiger charge is 2.39. The Bertz CT molecular complexity index is 638. The summed E-state index contributed by atoms with van der Waals surface area (Å²) in [5.41, 5.74) is 6.30. The lowest BCUT2D eigenvalue weighted by atomic mass is 9.81. The van der Waals surface area contributed by atoms with Crippen molar-refractivity contribution in [2.45, 2.75) is 70.4 Å². The molecule has 0 atom stereocenters. The Morgan fingerprint density at radius 2 is 1.84 bits per heavy atom. The molecule has 1 saturated carbocycles. The predicted molar refractivity (Wildman–Crippen MR) is 95.3 cm³/mol. The largest absolute Gasteiger partial charge is 0.466 e. The molecule has 0 unspecified atom stereocenters. The molecule has 1 aliphatic heterocycles. The molecule has 0 bridgehead atoms. The Labute approximate surface area is 149 Å². The highest BCUT2D eigenvalue weighted by molar-refractivity contribution is 5.95. The highest BCUT2D eigenvalue weighted by atomic mass is 16.3. The number of piperidine rings is 1. The molecule has 0 radical (unpaired) electrons. The number of nitrogens with two attached hydrogens (primary N) is 1. The van der Waals surface area contributed by atoms with E-state index < -0.39 is 5.54 Å². The summed E-state index contributed by atoms with van der Waals surface area (Å²) in [6, 6.07) is 1.86. The predicted octanol–water partition coefficient (Wildman–Crippen LogP) is 2.28. The number of rotatable bonds is 3. The molecule has 0 spiro atoms. The van der Waals surface area contributed by atoms with E-state index in [1.54, 1.807) is 13.0 Å². The first-order chi connectivity index (χ1) is 11.9. The fourth-order valence-corrected chi connectivity index (χ4v) is 4.06. The van der Waals surface area contributed by atoms with Crippen LogP contribution in [0.5, 0.6) is 0 Å². The van der Waals surface area contributed by atoms with Gasteiger partial charge in [0.05, 0.1) is 11.1 Å².